The Hall–Kier alpha value is -2.35. The number of halogens is 1. The quantitative estimate of drug-likeness (QED) is 0.783. The molecular weight excluding hydrogens is 273 g/mol. The van der Waals surface area contributed by atoms with Gasteiger partial charge in [0.15, 0.2) is 0 Å². The maximum absolute atomic E-state index is 14.3. The second-order valence-corrected chi connectivity index (χ2v) is 5.13. The van der Waals surface area contributed by atoms with Crippen molar-refractivity contribution < 1.29 is 4.39 Å². The number of nitrogen functional groups attached to an aromatic ring is 1. The molecule has 2 aromatic rings. The zero-order valence-corrected chi connectivity index (χ0v) is 11.8. The van der Waals surface area contributed by atoms with Crippen LogP contribution in [-0.2, 0) is 0 Å². The topological polar surface area (TPSA) is 86.1 Å². The summed E-state index contributed by atoms with van der Waals surface area (Å²) in [7, 11) is 2.07. The Bertz CT molecular complexity index is 619. The molecule has 1 saturated heterocycles. The number of likely N-dealkylation sites (N-methyl/N-ethyl adjacent to an activating group) is 1. The minimum atomic E-state index is -0.256. The average Bonchev–Trinajstić information content (AvgIpc) is 2.86. The molecule has 1 fully saturated rings. The Morgan fingerprint density at radius 2 is 2.05 bits per heavy atom. The third-order valence-electron chi connectivity index (χ3n) is 3.55. The van der Waals surface area contributed by atoms with Crippen LogP contribution in [0.1, 0.15) is 0 Å². The Morgan fingerprint density at radius 3 is 2.67 bits per heavy atom. The third-order valence-corrected chi connectivity index (χ3v) is 3.55. The van der Waals surface area contributed by atoms with E-state index in [-0.39, 0.29) is 11.8 Å². The van der Waals surface area contributed by atoms with E-state index in [9.17, 15) is 4.39 Å². The maximum Gasteiger partial charge on any atom is 0.248 e. The highest BCUT2D eigenvalue weighted by Gasteiger charge is 2.17. The molecule has 0 amide bonds. The molecule has 7 nitrogen and oxygen atoms in total. The number of nitrogens with one attached hydrogen (secondary N) is 2. The molecule has 0 atom stereocenters. The van der Waals surface area contributed by atoms with Gasteiger partial charge in [-0.15, -0.1) is 5.10 Å². The molecule has 0 saturated carbocycles. The smallest absolute Gasteiger partial charge is 0.248 e. The van der Waals surface area contributed by atoms with Gasteiger partial charge in [0, 0.05) is 31.9 Å². The van der Waals surface area contributed by atoms with Crippen molar-refractivity contribution in [3.8, 4) is 0 Å². The summed E-state index contributed by atoms with van der Waals surface area (Å²) in [5, 5.41) is 9.27. The van der Waals surface area contributed by atoms with Gasteiger partial charge in [-0.05, 0) is 25.2 Å². The average molecular weight is 291 g/mol. The van der Waals surface area contributed by atoms with Gasteiger partial charge in [0.05, 0.1) is 5.69 Å². The van der Waals surface area contributed by atoms with Crippen molar-refractivity contribution in [1.82, 2.24) is 20.1 Å². The van der Waals surface area contributed by atoms with E-state index < -0.39 is 0 Å². The number of rotatable bonds is 3. The largest absolute Gasteiger partial charge is 0.368 e. The molecule has 1 aliphatic rings. The third kappa shape index (κ3) is 3.05. The lowest BCUT2D eigenvalue weighted by Crippen LogP contribution is -2.44. The summed E-state index contributed by atoms with van der Waals surface area (Å²) in [6, 6.07) is 5.03. The molecule has 112 valence electrons. The summed E-state index contributed by atoms with van der Waals surface area (Å²) in [6.07, 6.45) is 0. The summed E-state index contributed by atoms with van der Waals surface area (Å²) in [6.45, 7) is 3.54. The van der Waals surface area contributed by atoms with Gasteiger partial charge in [-0.25, -0.2) is 9.49 Å². The van der Waals surface area contributed by atoms with Crippen molar-refractivity contribution in [2.24, 2.45) is 0 Å². The molecule has 8 heteroatoms. The summed E-state index contributed by atoms with van der Waals surface area (Å²) >= 11 is 0. The lowest BCUT2D eigenvalue weighted by molar-refractivity contribution is 0.311. The summed E-state index contributed by atoms with van der Waals surface area (Å²) in [4.78, 5) is 8.21. The van der Waals surface area contributed by atoms with Crippen LogP contribution < -0.4 is 16.0 Å². The van der Waals surface area contributed by atoms with Gasteiger partial charge in [0.1, 0.15) is 5.82 Å². The van der Waals surface area contributed by atoms with Gasteiger partial charge >= 0.3 is 0 Å². The van der Waals surface area contributed by atoms with Gasteiger partial charge in [-0.2, -0.15) is 4.98 Å². The first-order chi connectivity index (χ1) is 10.1. The number of nitrogens with two attached hydrogens (primary N) is 1. The van der Waals surface area contributed by atoms with Gasteiger partial charge in [-0.3, -0.25) is 0 Å². The van der Waals surface area contributed by atoms with Gasteiger partial charge in [0.25, 0.3) is 0 Å². The molecule has 0 aliphatic carbocycles. The number of piperazine rings is 1. The van der Waals surface area contributed by atoms with Crippen molar-refractivity contribution in [1.29, 1.82) is 0 Å². The fourth-order valence-corrected chi connectivity index (χ4v) is 2.35. The molecule has 0 spiro atoms. The van der Waals surface area contributed by atoms with Crippen LogP contribution in [0.2, 0.25) is 0 Å². The van der Waals surface area contributed by atoms with Gasteiger partial charge in [-0.1, -0.05) is 0 Å². The Balaban J connectivity index is 1.73. The molecule has 0 radical (unpaired) electrons. The van der Waals surface area contributed by atoms with E-state index in [1.54, 1.807) is 6.07 Å². The van der Waals surface area contributed by atoms with Crippen LogP contribution in [0.25, 0.3) is 0 Å². The normalized spacial score (nSPS) is 16.2. The second kappa shape index (κ2) is 5.57. The highest BCUT2D eigenvalue weighted by molar-refractivity contribution is 5.60. The lowest BCUT2D eigenvalue weighted by Gasteiger charge is -2.34. The van der Waals surface area contributed by atoms with Crippen LogP contribution in [0.15, 0.2) is 18.2 Å². The maximum atomic E-state index is 14.3. The Kier molecular flexibility index (Phi) is 3.61. The van der Waals surface area contributed by atoms with Crippen LogP contribution in [-0.4, -0.2) is 53.3 Å². The van der Waals surface area contributed by atoms with Crippen molar-refractivity contribution >= 4 is 23.3 Å². The minimum Gasteiger partial charge on any atom is -0.368 e. The SMILES string of the molecule is CN1CCN(c2ccc(Nc3n[nH]c(N)n3)cc2F)CC1. The van der Waals surface area contributed by atoms with Crippen molar-refractivity contribution in [2.75, 3.05) is 49.2 Å². The van der Waals surface area contributed by atoms with Crippen molar-refractivity contribution in [3.63, 3.8) is 0 Å². The first-order valence-electron chi connectivity index (χ1n) is 6.80. The monoisotopic (exact) mass is 291 g/mol. The van der Waals surface area contributed by atoms with E-state index in [2.05, 4.69) is 37.3 Å². The molecule has 2 heterocycles. The second-order valence-electron chi connectivity index (χ2n) is 5.13. The standard InChI is InChI=1S/C13H18FN7/c1-20-4-6-21(7-5-20)11-3-2-9(8-10(11)14)16-13-17-12(15)18-19-13/h2-3,8H,4-7H2,1H3,(H4,15,16,17,18,19). The van der Waals surface area contributed by atoms with Crippen LogP contribution >= 0.6 is 0 Å². The molecule has 4 N–H and O–H groups in total. The predicted octanol–water partition coefficient (Wildman–Crippen LogP) is 1.02. The number of aromatic nitrogens is 3. The molecule has 1 aromatic carbocycles. The van der Waals surface area contributed by atoms with E-state index in [0.29, 0.717) is 17.3 Å². The fraction of sp³-hybridized carbons (Fsp3) is 0.385. The van der Waals surface area contributed by atoms with Gasteiger partial charge in [0.2, 0.25) is 11.9 Å². The van der Waals surface area contributed by atoms with E-state index in [4.69, 9.17) is 5.73 Å². The van der Waals surface area contributed by atoms with Crippen molar-refractivity contribution in [3.05, 3.63) is 24.0 Å². The first-order valence-corrected chi connectivity index (χ1v) is 6.80. The fourth-order valence-electron chi connectivity index (χ4n) is 2.35. The minimum absolute atomic E-state index is 0.215. The molecule has 0 unspecified atom stereocenters. The highest BCUT2D eigenvalue weighted by atomic mass is 19.1. The molecule has 1 aliphatic heterocycles. The van der Waals surface area contributed by atoms with E-state index >= 15 is 0 Å². The number of anilines is 4. The van der Waals surface area contributed by atoms with E-state index in [1.165, 1.54) is 6.07 Å². The lowest BCUT2D eigenvalue weighted by atomic mass is 10.2. The van der Waals surface area contributed by atoms with Crippen LogP contribution in [0.4, 0.5) is 27.7 Å². The van der Waals surface area contributed by atoms with Gasteiger partial charge < -0.3 is 20.9 Å². The number of nitrogens with zero attached hydrogens (tertiary/aromatic N) is 4. The number of hydrogen-bond donors (Lipinski definition) is 3. The van der Waals surface area contributed by atoms with Crippen LogP contribution in [0.3, 0.4) is 0 Å². The van der Waals surface area contributed by atoms with Crippen molar-refractivity contribution in [2.45, 2.75) is 0 Å². The number of H-pyrrole nitrogens is 1. The zero-order valence-electron chi connectivity index (χ0n) is 11.8. The van der Waals surface area contributed by atoms with Crippen LogP contribution in [0.5, 0.6) is 0 Å². The van der Waals surface area contributed by atoms with E-state index in [0.717, 1.165) is 26.2 Å². The highest BCUT2D eigenvalue weighted by Crippen LogP contribution is 2.25. The zero-order chi connectivity index (χ0) is 14.8. The van der Waals surface area contributed by atoms with E-state index in [1.807, 2.05) is 6.07 Å². The molecule has 0 bridgehead atoms. The molecular formula is C13H18FN7. The van der Waals surface area contributed by atoms with Crippen LogP contribution in [0, 0.1) is 5.82 Å². The summed E-state index contributed by atoms with van der Waals surface area (Å²) in [5.74, 6) is 0.277. The number of aromatic amines is 1. The summed E-state index contributed by atoms with van der Waals surface area (Å²) < 4.78 is 14.3. The predicted molar refractivity (Wildman–Crippen MR) is 80.2 cm³/mol. The Labute approximate surface area is 121 Å². The molecule has 3 rings (SSSR count). The Morgan fingerprint density at radius 1 is 1.29 bits per heavy atom. The molecule has 1 aromatic heterocycles. The summed E-state index contributed by atoms with van der Waals surface area (Å²) in [5.41, 5.74) is 6.66. The number of benzene rings is 1. The molecule has 21 heavy (non-hydrogen) atoms. The first kappa shape index (κ1) is 13.6. The number of hydrogen-bond acceptors (Lipinski definition) is 6.